The highest BCUT2D eigenvalue weighted by Gasteiger charge is 2.59. The van der Waals surface area contributed by atoms with Crippen LogP contribution >= 0.6 is 0 Å². The normalized spacial score (nSPS) is 27.7. The lowest BCUT2D eigenvalue weighted by Gasteiger charge is -2.31. The first-order valence-corrected chi connectivity index (χ1v) is 10.6. The van der Waals surface area contributed by atoms with Crippen LogP contribution in [-0.2, 0) is 26.5 Å². The molecule has 6 heteroatoms. The van der Waals surface area contributed by atoms with Crippen molar-refractivity contribution >= 4 is 23.2 Å². The Morgan fingerprint density at radius 2 is 2.00 bits per heavy atom. The van der Waals surface area contributed by atoms with Gasteiger partial charge in [-0.3, -0.25) is 9.59 Å². The first-order valence-electron chi connectivity index (χ1n) is 10.6. The van der Waals surface area contributed by atoms with E-state index in [0.717, 1.165) is 35.5 Å². The number of carbonyl (C=O) groups is 2. The topological polar surface area (TPSA) is 70.1 Å². The van der Waals surface area contributed by atoms with Gasteiger partial charge in [0.25, 0.3) is 5.91 Å². The highest BCUT2D eigenvalue weighted by molar-refractivity contribution is 6.07. The van der Waals surface area contributed by atoms with Gasteiger partial charge in [-0.05, 0) is 36.6 Å². The van der Waals surface area contributed by atoms with Gasteiger partial charge < -0.3 is 19.6 Å². The number of amides is 2. The highest BCUT2D eigenvalue weighted by Crippen LogP contribution is 2.53. The molecule has 3 aliphatic heterocycles. The number of para-hydroxylation sites is 1. The van der Waals surface area contributed by atoms with Crippen LogP contribution in [-0.4, -0.2) is 36.2 Å². The molecule has 0 aliphatic carbocycles. The smallest absolute Gasteiger partial charge is 0.264 e. The van der Waals surface area contributed by atoms with Gasteiger partial charge in [-0.15, -0.1) is 0 Å². The summed E-state index contributed by atoms with van der Waals surface area (Å²) in [4.78, 5) is 29.2. The number of ether oxygens (including phenoxy) is 1. The average molecular weight is 406 g/mol. The number of fused-ring (bicyclic) bond motifs is 2. The van der Waals surface area contributed by atoms with Gasteiger partial charge in [0.1, 0.15) is 0 Å². The Morgan fingerprint density at radius 3 is 2.73 bits per heavy atom. The van der Waals surface area contributed by atoms with Crippen LogP contribution in [0.3, 0.4) is 0 Å². The largest absolute Gasteiger partial charge is 0.396 e. The van der Waals surface area contributed by atoms with Crippen LogP contribution in [0.5, 0.6) is 0 Å². The molecule has 1 N–H and O–H groups in total. The molecule has 3 aliphatic rings. The minimum atomic E-state index is -0.985. The number of benzene rings is 2. The predicted octanol–water partition coefficient (Wildman–Crippen LogP) is 2.97. The Hall–Kier alpha value is -2.70. The molecule has 0 bridgehead atoms. The van der Waals surface area contributed by atoms with Crippen molar-refractivity contribution in [1.82, 2.24) is 0 Å². The van der Waals surface area contributed by atoms with Gasteiger partial charge in [-0.2, -0.15) is 0 Å². The monoisotopic (exact) mass is 406 g/mol. The Morgan fingerprint density at radius 1 is 1.17 bits per heavy atom. The summed E-state index contributed by atoms with van der Waals surface area (Å²) in [6, 6.07) is 15.7. The molecule has 0 radical (unpaired) electrons. The second kappa shape index (κ2) is 7.22. The van der Waals surface area contributed by atoms with Gasteiger partial charge in [-0.25, -0.2) is 0 Å². The number of nitrogens with zero attached hydrogens (tertiary/aromatic N) is 2. The van der Waals surface area contributed by atoms with Crippen molar-refractivity contribution in [3.8, 4) is 0 Å². The number of rotatable bonds is 5. The highest BCUT2D eigenvalue weighted by atomic mass is 16.5. The van der Waals surface area contributed by atoms with Crippen LogP contribution in [0.25, 0.3) is 0 Å². The third-order valence-electron chi connectivity index (χ3n) is 6.69. The summed E-state index contributed by atoms with van der Waals surface area (Å²) in [5, 5.41) is 9.36. The molecule has 2 fully saturated rings. The molecule has 3 atom stereocenters. The van der Waals surface area contributed by atoms with Crippen LogP contribution in [0.1, 0.15) is 37.3 Å². The zero-order valence-corrected chi connectivity index (χ0v) is 17.1. The van der Waals surface area contributed by atoms with Crippen molar-refractivity contribution in [2.45, 2.75) is 44.4 Å². The van der Waals surface area contributed by atoms with Crippen LogP contribution < -0.4 is 9.80 Å². The third-order valence-corrected chi connectivity index (χ3v) is 6.69. The van der Waals surface area contributed by atoms with Crippen molar-refractivity contribution in [3.63, 3.8) is 0 Å². The zero-order valence-electron chi connectivity index (χ0n) is 17.1. The molecule has 0 saturated carbocycles. The molecule has 1 spiro atoms. The molecule has 0 unspecified atom stereocenters. The third kappa shape index (κ3) is 2.78. The first-order chi connectivity index (χ1) is 14.5. The van der Waals surface area contributed by atoms with Gasteiger partial charge in [0.05, 0.1) is 18.3 Å². The minimum Gasteiger partial charge on any atom is -0.396 e. The van der Waals surface area contributed by atoms with Gasteiger partial charge in [0, 0.05) is 36.7 Å². The average Bonchev–Trinajstić information content (AvgIpc) is 3.18. The molecular formula is C24H26N2O4. The summed E-state index contributed by atoms with van der Waals surface area (Å²) in [5.74, 6) is 0.122. The second-order valence-electron chi connectivity index (χ2n) is 8.50. The second-order valence-corrected chi connectivity index (χ2v) is 8.50. The van der Waals surface area contributed by atoms with Gasteiger partial charge in [0.15, 0.2) is 5.60 Å². The van der Waals surface area contributed by atoms with Crippen LogP contribution in [0.2, 0.25) is 0 Å². The lowest BCUT2D eigenvalue weighted by molar-refractivity contribution is -0.146. The quantitative estimate of drug-likeness (QED) is 0.775. The first kappa shape index (κ1) is 19.3. The Balaban J connectivity index is 1.48. The van der Waals surface area contributed by atoms with E-state index in [0.29, 0.717) is 19.4 Å². The van der Waals surface area contributed by atoms with Crippen molar-refractivity contribution in [2.24, 2.45) is 5.92 Å². The summed E-state index contributed by atoms with van der Waals surface area (Å²) in [6.07, 6.45) is 1.76. The number of β-lactam (4-membered cyclic amide) rings is 1. The Bertz CT molecular complexity index is 1010. The van der Waals surface area contributed by atoms with E-state index in [-0.39, 0.29) is 30.4 Å². The standard InChI is InChI=1S/C24H26N2O4/c1-16-13-19(10-12-27)30-24(16)20-7-2-3-8-21(20)26(23(24)29)15-17-5-4-6-18(14-17)25-11-9-22(25)28/h2-8,14,16,19,27H,9-13,15H2,1H3/t16-,19+,24+/m1/s1. The SMILES string of the molecule is C[C@@H]1C[C@H](CCO)O[C@@]12C(=O)N(Cc1cccc(N3CCC3=O)c1)c1ccccc12. The van der Waals surface area contributed by atoms with E-state index >= 15 is 0 Å². The minimum absolute atomic E-state index is 0.0257. The van der Waals surface area contributed by atoms with Crippen LogP contribution in [0.15, 0.2) is 48.5 Å². The van der Waals surface area contributed by atoms with Gasteiger partial charge >= 0.3 is 0 Å². The van der Waals surface area contributed by atoms with E-state index in [1.165, 1.54) is 0 Å². The summed E-state index contributed by atoms with van der Waals surface area (Å²) >= 11 is 0. The Kier molecular flexibility index (Phi) is 4.64. The van der Waals surface area contributed by atoms with Crippen LogP contribution in [0.4, 0.5) is 11.4 Å². The molecule has 2 amide bonds. The number of hydrogen-bond donors (Lipinski definition) is 1. The summed E-state index contributed by atoms with van der Waals surface area (Å²) in [5.41, 5.74) is 2.67. The fraction of sp³-hybridized carbons (Fsp3) is 0.417. The number of anilines is 2. The number of aliphatic hydroxyl groups is 1. The molecule has 3 heterocycles. The number of carbonyl (C=O) groups excluding carboxylic acids is 2. The molecule has 2 saturated heterocycles. The molecule has 30 heavy (non-hydrogen) atoms. The maximum atomic E-state index is 13.8. The Labute approximate surface area is 176 Å². The predicted molar refractivity (Wildman–Crippen MR) is 113 cm³/mol. The van der Waals surface area contributed by atoms with Gasteiger partial charge in [-0.1, -0.05) is 37.3 Å². The fourth-order valence-electron chi connectivity index (χ4n) is 5.10. The van der Waals surface area contributed by atoms with Crippen LogP contribution in [0, 0.1) is 5.92 Å². The van der Waals surface area contributed by atoms with Crippen molar-refractivity contribution in [1.29, 1.82) is 0 Å². The number of hydrogen-bond acceptors (Lipinski definition) is 4. The summed E-state index contributed by atoms with van der Waals surface area (Å²) in [6.45, 7) is 3.28. The van der Waals surface area contributed by atoms with E-state index in [4.69, 9.17) is 4.74 Å². The van der Waals surface area contributed by atoms with E-state index in [9.17, 15) is 14.7 Å². The molecule has 2 aromatic rings. The molecule has 2 aromatic carbocycles. The fourth-order valence-corrected chi connectivity index (χ4v) is 5.10. The van der Waals surface area contributed by atoms with Crippen molar-refractivity contribution in [2.75, 3.05) is 23.0 Å². The lowest BCUT2D eigenvalue weighted by atomic mass is 9.83. The molecule has 6 nitrogen and oxygen atoms in total. The van der Waals surface area contributed by atoms with E-state index in [2.05, 4.69) is 6.92 Å². The maximum Gasteiger partial charge on any atom is 0.264 e. The number of aliphatic hydroxyl groups excluding tert-OH is 1. The molecule has 0 aromatic heterocycles. The van der Waals surface area contributed by atoms with E-state index < -0.39 is 5.60 Å². The maximum absolute atomic E-state index is 13.8. The summed E-state index contributed by atoms with van der Waals surface area (Å²) in [7, 11) is 0. The summed E-state index contributed by atoms with van der Waals surface area (Å²) < 4.78 is 6.37. The lowest BCUT2D eigenvalue weighted by Crippen LogP contribution is -2.44. The molecule has 5 rings (SSSR count). The molecule has 156 valence electrons. The van der Waals surface area contributed by atoms with E-state index in [1.807, 2.05) is 53.4 Å². The molecular weight excluding hydrogens is 380 g/mol. The van der Waals surface area contributed by atoms with Crippen molar-refractivity contribution in [3.05, 3.63) is 59.7 Å². The zero-order chi connectivity index (χ0) is 20.9. The van der Waals surface area contributed by atoms with Crippen molar-refractivity contribution < 1.29 is 19.4 Å². The van der Waals surface area contributed by atoms with E-state index in [1.54, 1.807) is 4.90 Å². The van der Waals surface area contributed by atoms with Gasteiger partial charge in [0.2, 0.25) is 5.91 Å².